The summed E-state index contributed by atoms with van der Waals surface area (Å²) in [5.74, 6) is 0.448. The van der Waals surface area contributed by atoms with Gasteiger partial charge in [-0.25, -0.2) is 9.97 Å². The lowest BCUT2D eigenvalue weighted by Crippen LogP contribution is -2.08. The summed E-state index contributed by atoms with van der Waals surface area (Å²) in [5, 5.41) is 0. The van der Waals surface area contributed by atoms with E-state index in [2.05, 4.69) is 23.8 Å². The van der Waals surface area contributed by atoms with Crippen molar-refractivity contribution >= 4 is 6.29 Å². The molecule has 0 unspecified atom stereocenters. The van der Waals surface area contributed by atoms with Crippen LogP contribution in [0.15, 0.2) is 6.20 Å². The summed E-state index contributed by atoms with van der Waals surface area (Å²) in [6, 6.07) is 0.385. The number of rotatable bonds is 5. The number of aromatic nitrogens is 2. The van der Waals surface area contributed by atoms with E-state index in [0.29, 0.717) is 25.0 Å². The molecule has 0 radical (unpaired) electrons. The number of nitrogens with zero attached hydrogens (tertiary/aromatic N) is 2. The van der Waals surface area contributed by atoms with Gasteiger partial charge in [-0.3, -0.25) is 0 Å². The first-order valence-corrected chi connectivity index (χ1v) is 5.02. The predicted molar refractivity (Wildman–Crippen MR) is 56.9 cm³/mol. The molecule has 1 aromatic rings. The van der Waals surface area contributed by atoms with Crippen molar-refractivity contribution in [2.24, 2.45) is 5.92 Å². The van der Waals surface area contributed by atoms with Gasteiger partial charge in [0, 0.05) is 18.3 Å². The van der Waals surface area contributed by atoms with Crippen molar-refractivity contribution < 1.29 is 9.53 Å². The average Bonchev–Trinajstić information content (AvgIpc) is 2.19. The molecule has 0 aliphatic heterocycles. The average molecular weight is 208 g/mol. The molecule has 0 spiro atoms. The van der Waals surface area contributed by atoms with Crippen LogP contribution in [0, 0.1) is 12.8 Å². The molecule has 1 aromatic heterocycles. The van der Waals surface area contributed by atoms with Gasteiger partial charge in [-0.05, 0) is 18.4 Å². The van der Waals surface area contributed by atoms with E-state index in [1.165, 1.54) is 0 Å². The topological polar surface area (TPSA) is 52.1 Å². The first-order valence-electron chi connectivity index (χ1n) is 5.02. The third-order valence-electron chi connectivity index (χ3n) is 1.91. The zero-order valence-electron chi connectivity index (χ0n) is 9.36. The molecule has 0 aliphatic carbocycles. The minimum absolute atomic E-state index is 0.357. The van der Waals surface area contributed by atoms with Gasteiger partial charge in [0.15, 0.2) is 0 Å². The first kappa shape index (κ1) is 11.6. The zero-order valence-corrected chi connectivity index (χ0v) is 9.36. The van der Waals surface area contributed by atoms with Crippen molar-refractivity contribution in [2.75, 3.05) is 6.61 Å². The van der Waals surface area contributed by atoms with Gasteiger partial charge in [0.25, 0.3) is 0 Å². The maximum absolute atomic E-state index is 10.3. The fourth-order valence-electron chi connectivity index (χ4n) is 1.07. The number of ether oxygens (including phenoxy) is 1. The Balaban J connectivity index is 2.68. The highest BCUT2D eigenvalue weighted by molar-refractivity contribution is 5.55. The predicted octanol–water partition coefficient (Wildman–Crippen LogP) is 1.56. The molecule has 0 saturated heterocycles. The van der Waals surface area contributed by atoms with E-state index in [9.17, 15) is 4.79 Å². The second-order valence-electron chi connectivity index (χ2n) is 3.84. The van der Waals surface area contributed by atoms with Crippen molar-refractivity contribution in [3.63, 3.8) is 0 Å². The molecule has 82 valence electrons. The lowest BCUT2D eigenvalue weighted by atomic mass is 10.2. The summed E-state index contributed by atoms with van der Waals surface area (Å²) in [7, 11) is 0. The van der Waals surface area contributed by atoms with Crippen LogP contribution in [-0.4, -0.2) is 22.9 Å². The second-order valence-corrected chi connectivity index (χ2v) is 3.84. The van der Waals surface area contributed by atoms with Crippen LogP contribution in [0.3, 0.4) is 0 Å². The number of hydrogen-bond donors (Lipinski definition) is 0. The number of carbonyl (C=O) groups excluding carboxylic acids is 1. The second kappa shape index (κ2) is 5.44. The van der Waals surface area contributed by atoms with Crippen LogP contribution in [0.1, 0.15) is 25.1 Å². The minimum atomic E-state index is 0.357. The van der Waals surface area contributed by atoms with E-state index in [4.69, 9.17) is 4.74 Å². The Hall–Kier alpha value is -1.45. The SMILES string of the molecule is Cc1nc(OCC(C)C)ncc1CC=O. The highest BCUT2D eigenvalue weighted by Crippen LogP contribution is 2.09. The van der Waals surface area contributed by atoms with Crippen molar-refractivity contribution in [1.82, 2.24) is 9.97 Å². The Morgan fingerprint density at radius 2 is 2.27 bits per heavy atom. The Morgan fingerprint density at radius 3 is 2.80 bits per heavy atom. The molecular formula is C11H16N2O2. The maximum Gasteiger partial charge on any atom is 0.316 e. The molecule has 0 atom stereocenters. The van der Waals surface area contributed by atoms with Gasteiger partial charge < -0.3 is 9.53 Å². The molecular weight excluding hydrogens is 192 g/mol. The largest absolute Gasteiger partial charge is 0.463 e. The maximum atomic E-state index is 10.3. The van der Waals surface area contributed by atoms with E-state index >= 15 is 0 Å². The van der Waals surface area contributed by atoms with Crippen molar-refractivity contribution in [1.29, 1.82) is 0 Å². The Kier molecular flexibility index (Phi) is 4.21. The van der Waals surface area contributed by atoms with Crippen LogP contribution < -0.4 is 4.74 Å². The van der Waals surface area contributed by atoms with E-state index < -0.39 is 0 Å². The summed E-state index contributed by atoms with van der Waals surface area (Å²) in [6.07, 6.45) is 2.85. The quantitative estimate of drug-likeness (QED) is 0.689. The molecule has 1 rings (SSSR count). The van der Waals surface area contributed by atoms with E-state index in [0.717, 1.165) is 17.5 Å². The fraction of sp³-hybridized carbons (Fsp3) is 0.545. The standard InChI is InChI=1S/C11H16N2O2/c1-8(2)7-15-11-12-6-10(4-5-14)9(3)13-11/h5-6,8H,4,7H2,1-3H3. The van der Waals surface area contributed by atoms with Gasteiger partial charge in [0.2, 0.25) is 0 Å². The summed E-state index contributed by atoms with van der Waals surface area (Å²) in [5.41, 5.74) is 1.65. The van der Waals surface area contributed by atoms with Crippen LogP contribution in [0.4, 0.5) is 0 Å². The van der Waals surface area contributed by atoms with Crippen molar-refractivity contribution in [3.8, 4) is 6.01 Å². The van der Waals surface area contributed by atoms with E-state index in [1.807, 2.05) is 6.92 Å². The summed E-state index contributed by atoms with van der Waals surface area (Å²) >= 11 is 0. The molecule has 0 fully saturated rings. The van der Waals surface area contributed by atoms with Crippen molar-refractivity contribution in [3.05, 3.63) is 17.5 Å². The minimum Gasteiger partial charge on any atom is -0.463 e. The van der Waals surface area contributed by atoms with Gasteiger partial charge in [0.1, 0.15) is 6.29 Å². The Bertz CT molecular complexity index is 337. The van der Waals surface area contributed by atoms with Gasteiger partial charge in [-0.15, -0.1) is 0 Å². The summed E-state index contributed by atoms with van der Waals surface area (Å²) < 4.78 is 5.37. The van der Waals surface area contributed by atoms with E-state index in [-0.39, 0.29) is 0 Å². The molecule has 4 nitrogen and oxygen atoms in total. The van der Waals surface area contributed by atoms with Crippen LogP contribution in [0.25, 0.3) is 0 Å². The number of hydrogen-bond acceptors (Lipinski definition) is 4. The van der Waals surface area contributed by atoms with E-state index in [1.54, 1.807) is 6.20 Å². The molecule has 0 aliphatic rings. The molecule has 1 heterocycles. The third kappa shape index (κ3) is 3.65. The highest BCUT2D eigenvalue weighted by Gasteiger charge is 2.04. The molecule has 0 bridgehead atoms. The monoisotopic (exact) mass is 208 g/mol. The van der Waals surface area contributed by atoms with Crippen LogP contribution in [0.5, 0.6) is 6.01 Å². The van der Waals surface area contributed by atoms with Gasteiger partial charge in [-0.1, -0.05) is 13.8 Å². The van der Waals surface area contributed by atoms with Crippen LogP contribution in [-0.2, 0) is 11.2 Å². The molecule has 4 heteroatoms. The molecule has 15 heavy (non-hydrogen) atoms. The molecule has 0 aromatic carbocycles. The fourth-order valence-corrected chi connectivity index (χ4v) is 1.07. The molecule has 0 amide bonds. The van der Waals surface area contributed by atoms with Gasteiger partial charge >= 0.3 is 6.01 Å². The third-order valence-corrected chi connectivity index (χ3v) is 1.91. The van der Waals surface area contributed by atoms with Crippen molar-refractivity contribution in [2.45, 2.75) is 27.2 Å². The van der Waals surface area contributed by atoms with Gasteiger partial charge in [-0.2, -0.15) is 0 Å². The summed E-state index contributed by atoms with van der Waals surface area (Å²) in [6.45, 7) is 6.58. The summed E-state index contributed by atoms with van der Waals surface area (Å²) in [4.78, 5) is 18.5. The number of aldehydes is 1. The number of carbonyl (C=O) groups is 1. The Labute approximate surface area is 89.7 Å². The lowest BCUT2D eigenvalue weighted by molar-refractivity contribution is -0.107. The normalized spacial score (nSPS) is 10.4. The molecule has 0 N–H and O–H groups in total. The number of aryl methyl sites for hydroxylation is 1. The molecule has 0 saturated carbocycles. The smallest absolute Gasteiger partial charge is 0.316 e. The van der Waals surface area contributed by atoms with Crippen LogP contribution >= 0.6 is 0 Å². The van der Waals surface area contributed by atoms with Gasteiger partial charge in [0.05, 0.1) is 6.61 Å². The Morgan fingerprint density at radius 1 is 1.53 bits per heavy atom. The highest BCUT2D eigenvalue weighted by atomic mass is 16.5. The first-order chi connectivity index (χ1) is 7.13. The zero-order chi connectivity index (χ0) is 11.3. The van der Waals surface area contributed by atoms with Crippen LogP contribution in [0.2, 0.25) is 0 Å². The lowest BCUT2D eigenvalue weighted by Gasteiger charge is -2.08.